The summed E-state index contributed by atoms with van der Waals surface area (Å²) in [7, 11) is 0. The largest absolute Gasteiger partial charge is 0.352 e. The normalized spacial score (nSPS) is 17.3. The number of amides is 4. The lowest BCUT2D eigenvalue weighted by molar-refractivity contribution is -0.132. The van der Waals surface area contributed by atoms with Gasteiger partial charge in [0, 0.05) is 12.5 Å². The molecule has 0 aromatic heterocycles. The van der Waals surface area contributed by atoms with E-state index in [1.54, 1.807) is 0 Å². The third kappa shape index (κ3) is 5.19. The number of carbonyl (C=O) groups is 3. The van der Waals surface area contributed by atoms with Crippen molar-refractivity contribution in [1.29, 1.82) is 0 Å². The number of aryl methyl sites for hydroxylation is 1. The molecule has 2 aromatic carbocycles. The summed E-state index contributed by atoms with van der Waals surface area (Å²) >= 11 is 0. The van der Waals surface area contributed by atoms with E-state index in [0.29, 0.717) is 6.42 Å². The minimum Gasteiger partial charge on any atom is -0.352 e. The van der Waals surface area contributed by atoms with E-state index in [-0.39, 0.29) is 24.4 Å². The fourth-order valence-corrected chi connectivity index (χ4v) is 3.28. The Morgan fingerprint density at radius 2 is 1.64 bits per heavy atom. The Hall–Kier alpha value is -3.15. The van der Waals surface area contributed by atoms with Gasteiger partial charge in [-0.05, 0) is 30.9 Å². The molecule has 28 heavy (non-hydrogen) atoms. The maximum absolute atomic E-state index is 12.5. The van der Waals surface area contributed by atoms with Crippen LogP contribution in [-0.2, 0) is 22.4 Å². The first-order valence-corrected chi connectivity index (χ1v) is 9.52. The molecule has 1 aliphatic heterocycles. The van der Waals surface area contributed by atoms with Gasteiger partial charge in [-0.25, -0.2) is 4.79 Å². The number of carbonyl (C=O) groups excluding carboxylic acids is 3. The van der Waals surface area contributed by atoms with Gasteiger partial charge in [0.25, 0.3) is 5.91 Å². The smallest absolute Gasteiger partial charge is 0.325 e. The first kappa shape index (κ1) is 19.6. The molecule has 2 N–H and O–H groups in total. The van der Waals surface area contributed by atoms with Crippen LogP contribution in [0.1, 0.15) is 24.5 Å². The molecule has 2 aromatic rings. The van der Waals surface area contributed by atoms with Gasteiger partial charge < -0.3 is 10.6 Å². The van der Waals surface area contributed by atoms with E-state index in [1.165, 1.54) is 5.56 Å². The van der Waals surface area contributed by atoms with Crippen molar-refractivity contribution in [2.45, 2.75) is 38.3 Å². The van der Waals surface area contributed by atoms with Gasteiger partial charge in [-0.1, -0.05) is 60.7 Å². The Balaban J connectivity index is 1.47. The summed E-state index contributed by atoms with van der Waals surface area (Å²) in [6.07, 6.45) is 2.05. The van der Waals surface area contributed by atoms with Crippen LogP contribution in [0.15, 0.2) is 60.7 Å². The van der Waals surface area contributed by atoms with Gasteiger partial charge in [-0.15, -0.1) is 0 Å². The predicted molar refractivity (Wildman–Crippen MR) is 107 cm³/mol. The fourth-order valence-electron chi connectivity index (χ4n) is 3.28. The van der Waals surface area contributed by atoms with Crippen molar-refractivity contribution in [3.63, 3.8) is 0 Å². The highest BCUT2D eigenvalue weighted by Crippen LogP contribution is 2.12. The molecular formula is C22H25N3O3. The van der Waals surface area contributed by atoms with Crippen LogP contribution < -0.4 is 10.6 Å². The zero-order valence-corrected chi connectivity index (χ0v) is 15.9. The molecule has 146 valence electrons. The Morgan fingerprint density at radius 3 is 2.29 bits per heavy atom. The van der Waals surface area contributed by atoms with E-state index in [4.69, 9.17) is 0 Å². The van der Waals surface area contributed by atoms with E-state index < -0.39 is 12.1 Å². The van der Waals surface area contributed by atoms with Gasteiger partial charge in [-0.3, -0.25) is 14.5 Å². The van der Waals surface area contributed by atoms with Crippen molar-refractivity contribution in [2.24, 2.45) is 0 Å². The molecule has 0 spiro atoms. The Labute approximate surface area is 164 Å². The fraction of sp³-hybridized carbons (Fsp3) is 0.318. The molecular weight excluding hydrogens is 354 g/mol. The Kier molecular flexibility index (Phi) is 6.42. The average Bonchev–Trinajstić information content (AvgIpc) is 2.95. The van der Waals surface area contributed by atoms with E-state index in [9.17, 15) is 14.4 Å². The van der Waals surface area contributed by atoms with Crippen molar-refractivity contribution in [2.75, 3.05) is 6.54 Å². The highest BCUT2D eigenvalue weighted by Gasteiger charge is 2.38. The SMILES string of the molecule is C[C@H](CCc1ccccc1)NC(=O)CN1C(=O)N[C@H](Cc2ccccc2)C1=O. The van der Waals surface area contributed by atoms with Crippen LogP contribution in [0.3, 0.4) is 0 Å². The van der Waals surface area contributed by atoms with E-state index in [1.807, 2.05) is 55.5 Å². The molecule has 6 heteroatoms. The predicted octanol–water partition coefficient (Wildman–Crippen LogP) is 2.29. The first-order chi connectivity index (χ1) is 13.5. The second-order valence-corrected chi connectivity index (χ2v) is 7.11. The van der Waals surface area contributed by atoms with Crippen molar-refractivity contribution in [3.8, 4) is 0 Å². The summed E-state index contributed by atoms with van der Waals surface area (Å²) in [4.78, 5) is 37.9. The molecule has 1 fully saturated rings. The van der Waals surface area contributed by atoms with Crippen LogP contribution in [0, 0.1) is 0 Å². The van der Waals surface area contributed by atoms with Crippen LogP contribution in [0.25, 0.3) is 0 Å². The second-order valence-electron chi connectivity index (χ2n) is 7.11. The lowest BCUT2D eigenvalue weighted by Crippen LogP contribution is -2.44. The topological polar surface area (TPSA) is 78.5 Å². The van der Waals surface area contributed by atoms with Crippen molar-refractivity contribution >= 4 is 17.8 Å². The maximum atomic E-state index is 12.5. The Bertz CT molecular complexity index is 823. The zero-order chi connectivity index (χ0) is 19.9. The minimum absolute atomic E-state index is 0.0476. The molecule has 0 unspecified atom stereocenters. The molecule has 1 heterocycles. The molecule has 4 amide bonds. The molecule has 1 saturated heterocycles. The van der Waals surface area contributed by atoms with Gasteiger partial charge in [0.15, 0.2) is 0 Å². The molecule has 6 nitrogen and oxygen atoms in total. The summed E-state index contributed by atoms with van der Waals surface area (Å²) in [6, 6.07) is 18.3. The number of hydrogen-bond acceptors (Lipinski definition) is 3. The molecule has 0 bridgehead atoms. The quantitative estimate of drug-likeness (QED) is 0.691. The van der Waals surface area contributed by atoms with E-state index in [0.717, 1.165) is 23.3 Å². The van der Waals surface area contributed by atoms with Crippen LogP contribution in [0.2, 0.25) is 0 Å². The summed E-state index contributed by atoms with van der Waals surface area (Å²) in [5.41, 5.74) is 2.17. The highest BCUT2D eigenvalue weighted by molar-refractivity contribution is 6.06. The number of nitrogens with zero attached hydrogens (tertiary/aromatic N) is 1. The third-order valence-corrected chi connectivity index (χ3v) is 4.81. The van der Waals surface area contributed by atoms with E-state index in [2.05, 4.69) is 22.8 Å². The maximum Gasteiger partial charge on any atom is 0.325 e. The second kappa shape index (κ2) is 9.17. The van der Waals surface area contributed by atoms with Gasteiger partial charge in [-0.2, -0.15) is 0 Å². The summed E-state index contributed by atoms with van der Waals surface area (Å²) < 4.78 is 0. The van der Waals surface area contributed by atoms with Gasteiger partial charge in [0.2, 0.25) is 5.91 Å². The number of hydrogen-bond donors (Lipinski definition) is 2. The number of nitrogens with one attached hydrogen (secondary N) is 2. The lowest BCUT2D eigenvalue weighted by Gasteiger charge is -2.17. The van der Waals surface area contributed by atoms with Crippen molar-refractivity contribution < 1.29 is 14.4 Å². The molecule has 0 radical (unpaired) electrons. The molecule has 0 aliphatic carbocycles. The monoisotopic (exact) mass is 379 g/mol. The van der Waals surface area contributed by atoms with Crippen molar-refractivity contribution in [3.05, 3.63) is 71.8 Å². The Morgan fingerprint density at radius 1 is 1.04 bits per heavy atom. The number of rotatable bonds is 8. The lowest BCUT2D eigenvalue weighted by atomic mass is 10.1. The molecule has 1 aliphatic rings. The van der Waals surface area contributed by atoms with Crippen LogP contribution in [-0.4, -0.2) is 41.4 Å². The zero-order valence-electron chi connectivity index (χ0n) is 15.9. The van der Waals surface area contributed by atoms with Gasteiger partial charge in [0.05, 0.1) is 0 Å². The van der Waals surface area contributed by atoms with Crippen LogP contribution in [0.4, 0.5) is 4.79 Å². The highest BCUT2D eigenvalue weighted by atomic mass is 16.2. The molecule has 2 atom stereocenters. The summed E-state index contributed by atoms with van der Waals surface area (Å²) in [5, 5.41) is 5.53. The minimum atomic E-state index is -0.627. The number of benzene rings is 2. The molecule has 3 rings (SSSR count). The summed E-state index contributed by atoms with van der Waals surface area (Å²) in [6.45, 7) is 1.66. The summed E-state index contributed by atoms with van der Waals surface area (Å²) in [5.74, 6) is -0.689. The third-order valence-electron chi connectivity index (χ3n) is 4.81. The van der Waals surface area contributed by atoms with Crippen LogP contribution >= 0.6 is 0 Å². The van der Waals surface area contributed by atoms with Crippen LogP contribution in [0.5, 0.6) is 0 Å². The molecule has 0 saturated carbocycles. The average molecular weight is 379 g/mol. The number of imide groups is 1. The van der Waals surface area contributed by atoms with E-state index >= 15 is 0 Å². The van der Waals surface area contributed by atoms with Gasteiger partial charge in [0.1, 0.15) is 12.6 Å². The number of urea groups is 1. The standard InChI is InChI=1S/C22H25N3O3/c1-16(12-13-17-8-4-2-5-9-17)23-20(26)15-25-21(27)19(24-22(25)28)14-18-10-6-3-7-11-18/h2-11,16,19H,12-15H2,1H3,(H,23,26)(H,24,28)/t16-,19-/m1/s1. The van der Waals surface area contributed by atoms with Crippen molar-refractivity contribution in [1.82, 2.24) is 15.5 Å². The first-order valence-electron chi connectivity index (χ1n) is 9.52. The van der Waals surface area contributed by atoms with Gasteiger partial charge >= 0.3 is 6.03 Å².